The van der Waals surface area contributed by atoms with Crippen LogP contribution < -0.4 is 5.32 Å². The molecule has 1 aliphatic heterocycles. The molecular weight excluding hydrogens is 408 g/mol. The van der Waals surface area contributed by atoms with E-state index in [2.05, 4.69) is 32.2 Å². The van der Waals surface area contributed by atoms with E-state index < -0.39 is 0 Å². The molecule has 6 heteroatoms. The number of nitrogens with one attached hydrogen (secondary N) is 1. The minimum Gasteiger partial charge on any atom is -0.371 e. The maximum atomic E-state index is 12.7. The third-order valence-corrected chi connectivity index (χ3v) is 5.30. The highest BCUT2D eigenvalue weighted by Crippen LogP contribution is 2.26. The lowest BCUT2D eigenvalue weighted by atomic mass is 10.1. The number of Topliss-reactive ketones (excluding diaryl/α,β-unsaturated/α-hetero) is 1. The quantitative estimate of drug-likeness (QED) is 0.726. The fraction of sp³-hybridized carbons (Fsp3) is 0.333. The smallest absolute Gasteiger partial charge is 0.241 e. The Hall–Kier alpha value is -2.02. The summed E-state index contributed by atoms with van der Waals surface area (Å²) in [5.41, 5.74) is 2.42. The number of benzene rings is 2. The van der Waals surface area contributed by atoms with E-state index in [0.29, 0.717) is 30.9 Å². The van der Waals surface area contributed by atoms with Gasteiger partial charge in [0.2, 0.25) is 5.91 Å². The molecule has 2 aromatic rings. The van der Waals surface area contributed by atoms with Crippen LogP contribution in [0.3, 0.4) is 0 Å². The standard InChI is InChI=1S/C21H23BrN2O3/c1-14(21(26)23-19-8-6-16(7-9-19)15(2)25)24-10-11-27-20(13-24)17-4-3-5-18(22)12-17/h3-9,12,14,20H,10-11,13H2,1-2H3,(H,23,26). The SMILES string of the molecule is CC(=O)c1ccc(NC(=O)C(C)N2CCOC(c3cccc(Br)c3)C2)cc1. The highest BCUT2D eigenvalue weighted by molar-refractivity contribution is 9.10. The van der Waals surface area contributed by atoms with Crippen molar-refractivity contribution in [3.05, 3.63) is 64.1 Å². The first kappa shape index (κ1) is 19.7. The zero-order valence-corrected chi connectivity index (χ0v) is 17.0. The maximum Gasteiger partial charge on any atom is 0.241 e. The van der Waals surface area contributed by atoms with E-state index in [0.717, 1.165) is 10.0 Å². The van der Waals surface area contributed by atoms with E-state index >= 15 is 0 Å². The average Bonchev–Trinajstić information content (AvgIpc) is 2.68. The lowest BCUT2D eigenvalue weighted by Crippen LogP contribution is -2.48. The van der Waals surface area contributed by atoms with Crippen molar-refractivity contribution in [1.82, 2.24) is 4.90 Å². The molecule has 1 saturated heterocycles. The maximum absolute atomic E-state index is 12.7. The van der Waals surface area contributed by atoms with Crippen molar-refractivity contribution in [2.24, 2.45) is 0 Å². The fourth-order valence-electron chi connectivity index (χ4n) is 3.13. The summed E-state index contributed by atoms with van der Waals surface area (Å²) in [5, 5.41) is 2.93. The Morgan fingerprint density at radius 3 is 2.63 bits per heavy atom. The Morgan fingerprint density at radius 1 is 1.22 bits per heavy atom. The van der Waals surface area contributed by atoms with Gasteiger partial charge in [-0.1, -0.05) is 28.1 Å². The molecule has 0 aromatic heterocycles. The number of carbonyl (C=O) groups is 2. The number of amides is 1. The van der Waals surface area contributed by atoms with Gasteiger partial charge in [0.05, 0.1) is 18.8 Å². The van der Waals surface area contributed by atoms with Gasteiger partial charge >= 0.3 is 0 Å². The van der Waals surface area contributed by atoms with Crippen molar-refractivity contribution >= 4 is 33.3 Å². The number of rotatable bonds is 5. The van der Waals surface area contributed by atoms with Crippen molar-refractivity contribution < 1.29 is 14.3 Å². The first-order chi connectivity index (χ1) is 12.9. The number of carbonyl (C=O) groups excluding carboxylic acids is 2. The van der Waals surface area contributed by atoms with E-state index in [1.165, 1.54) is 6.92 Å². The predicted molar refractivity (Wildman–Crippen MR) is 109 cm³/mol. The van der Waals surface area contributed by atoms with Gasteiger partial charge in [0.1, 0.15) is 0 Å². The molecule has 2 atom stereocenters. The molecular formula is C21H23BrN2O3. The van der Waals surface area contributed by atoms with Crippen molar-refractivity contribution in [2.75, 3.05) is 25.0 Å². The van der Waals surface area contributed by atoms with E-state index in [1.807, 2.05) is 25.1 Å². The summed E-state index contributed by atoms with van der Waals surface area (Å²) in [6.07, 6.45) is -0.0543. The summed E-state index contributed by atoms with van der Waals surface area (Å²) in [4.78, 5) is 26.1. The number of halogens is 1. The van der Waals surface area contributed by atoms with Crippen LogP contribution in [0.15, 0.2) is 53.0 Å². The average molecular weight is 431 g/mol. The van der Waals surface area contributed by atoms with Crippen LogP contribution in [-0.2, 0) is 9.53 Å². The first-order valence-corrected chi connectivity index (χ1v) is 9.76. The van der Waals surface area contributed by atoms with Gasteiger partial charge in [-0.2, -0.15) is 0 Å². The number of ether oxygens (including phenoxy) is 1. The summed E-state index contributed by atoms with van der Waals surface area (Å²) in [6.45, 7) is 5.39. The Morgan fingerprint density at radius 2 is 1.96 bits per heavy atom. The minimum absolute atomic E-state index is 0.00755. The van der Waals surface area contributed by atoms with Crippen LogP contribution in [0.5, 0.6) is 0 Å². The normalized spacial score (nSPS) is 18.7. The number of morpholine rings is 1. The van der Waals surface area contributed by atoms with Crippen molar-refractivity contribution in [3.8, 4) is 0 Å². The molecule has 3 rings (SSSR count). The molecule has 1 heterocycles. The van der Waals surface area contributed by atoms with Crippen LogP contribution >= 0.6 is 15.9 Å². The largest absolute Gasteiger partial charge is 0.371 e. The lowest BCUT2D eigenvalue weighted by Gasteiger charge is -2.36. The topological polar surface area (TPSA) is 58.6 Å². The summed E-state index contributed by atoms with van der Waals surface area (Å²) in [7, 11) is 0. The molecule has 2 aromatic carbocycles. The monoisotopic (exact) mass is 430 g/mol. The molecule has 2 unspecified atom stereocenters. The second-order valence-electron chi connectivity index (χ2n) is 6.71. The van der Waals surface area contributed by atoms with Gasteiger partial charge in [0.25, 0.3) is 0 Å². The Balaban J connectivity index is 1.62. The van der Waals surface area contributed by atoms with E-state index in [9.17, 15) is 9.59 Å². The molecule has 1 aliphatic rings. The van der Waals surface area contributed by atoms with Gasteiger partial charge in [-0.25, -0.2) is 0 Å². The Bertz CT molecular complexity index is 822. The molecule has 1 N–H and O–H groups in total. The highest BCUT2D eigenvalue weighted by atomic mass is 79.9. The summed E-state index contributed by atoms with van der Waals surface area (Å²) < 4.78 is 6.92. The molecule has 0 aliphatic carbocycles. The minimum atomic E-state index is -0.281. The van der Waals surface area contributed by atoms with E-state index in [-0.39, 0.29) is 23.8 Å². The molecule has 0 spiro atoms. The second-order valence-corrected chi connectivity index (χ2v) is 7.62. The van der Waals surface area contributed by atoms with Crippen molar-refractivity contribution in [2.45, 2.75) is 26.0 Å². The fourth-order valence-corrected chi connectivity index (χ4v) is 3.55. The van der Waals surface area contributed by atoms with Gasteiger partial charge in [-0.3, -0.25) is 14.5 Å². The molecule has 27 heavy (non-hydrogen) atoms. The van der Waals surface area contributed by atoms with Crippen LogP contribution in [-0.4, -0.2) is 42.3 Å². The van der Waals surface area contributed by atoms with Crippen LogP contribution in [0.4, 0.5) is 5.69 Å². The summed E-state index contributed by atoms with van der Waals surface area (Å²) in [6, 6.07) is 14.7. The van der Waals surface area contributed by atoms with E-state index in [1.54, 1.807) is 24.3 Å². The number of anilines is 1. The number of ketones is 1. The lowest BCUT2D eigenvalue weighted by molar-refractivity contribution is -0.124. The number of hydrogen-bond acceptors (Lipinski definition) is 4. The third kappa shape index (κ3) is 5.03. The first-order valence-electron chi connectivity index (χ1n) is 8.97. The summed E-state index contributed by atoms with van der Waals surface area (Å²) in [5.74, 6) is -0.0615. The molecule has 0 radical (unpaired) electrons. The van der Waals surface area contributed by atoms with Gasteiger partial charge < -0.3 is 10.1 Å². The van der Waals surface area contributed by atoms with Gasteiger partial charge in [-0.05, 0) is 55.8 Å². The molecule has 0 bridgehead atoms. The Labute approximate surface area is 167 Å². The van der Waals surface area contributed by atoms with Crippen LogP contribution in [0.1, 0.15) is 35.9 Å². The predicted octanol–water partition coefficient (Wildman–Crippen LogP) is 4.05. The zero-order chi connectivity index (χ0) is 19.4. The third-order valence-electron chi connectivity index (χ3n) is 4.80. The summed E-state index contributed by atoms with van der Waals surface area (Å²) >= 11 is 3.49. The van der Waals surface area contributed by atoms with Crippen LogP contribution in [0.2, 0.25) is 0 Å². The molecule has 5 nitrogen and oxygen atoms in total. The molecule has 142 valence electrons. The van der Waals surface area contributed by atoms with Crippen LogP contribution in [0.25, 0.3) is 0 Å². The van der Waals surface area contributed by atoms with Crippen molar-refractivity contribution in [1.29, 1.82) is 0 Å². The molecule has 1 fully saturated rings. The van der Waals surface area contributed by atoms with Crippen LogP contribution in [0, 0.1) is 0 Å². The van der Waals surface area contributed by atoms with Gasteiger partial charge in [-0.15, -0.1) is 0 Å². The second kappa shape index (κ2) is 8.78. The molecule has 1 amide bonds. The highest BCUT2D eigenvalue weighted by Gasteiger charge is 2.28. The van der Waals surface area contributed by atoms with Gasteiger partial charge in [0, 0.05) is 28.8 Å². The Kier molecular flexibility index (Phi) is 6.42. The van der Waals surface area contributed by atoms with Gasteiger partial charge in [0.15, 0.2) is 5.78 Å². The zero-order valence-electron chi connectivity index (χ0n) is 15.4. The van der Waals surface area contributed by atoms with E-state index in [4.69, 9.17) is 4.74 Å². The number of nitrogens with zero attached hydrogens (tertiary/aromatic N) is 1. The number of hydrogen-bond donors (Lipinski definition) is 1. The molecule has 0 saturated carbocycles. The van der Waals surface area contributed by atoms with Crippen molar-refractivity contribution in [3.63, 3.8) is 0 Å².